The number of hydrogen-bond donors (Lipinski definition) is 0. The summed E-state index contributed by atoms with van der Waals surface area (Å²) in [5.41, 5.74) is 2.80. The number of benzene rings is 2. The van der Waals surface area contributed by atoms with E-state index in [1.165, 1.54) is 0 Å². The molecule has 0 amide bonds. The number of hydrogen-bond acceptors (Lipinski definition) is 3. The second kappa shape index (κ2) is 9.90. The van der Waals surface area contributed by atoms with Crippen molar-refractivity contribution < 1.29 is 13.8 Å². The molecule has 1 heterocycles. The van der Waals surface area contributed by atoms with Gasteiger partial charge in [-0.3, -0.25) is 4.67 Å². The minimum Gasteiger partial charge on any atom is -0.497 e. The first-order chi connectivity index (χ1) is 14.0. The molecule has 1 aliphatic rings. The molecule has 5 nitrogen and oxygen atoms in total. The van der Waals surface area contributed by atoms with E-state index in [0.29, 0.717) is 37.2 Å². The number of anilines is 1. The van der Waals surface area contributed by atoms with Crippen molar-refractivity contribution in [2.75, 3.05) is 43.2 Å². The number of methoxy groups -OCH3 is 1. The van der Waals surface area contributed by atoms with Crippen molar-refractivity contribution in [2.45, 2.75) is 6.92 Å². The van der Waals surface area contributed by atoms with Crippen molar-refractivity contribution in [3.05, 3.63) is 65.7 Å². The Morgan fingerprint density at radius 1 is 1.07 bits per heavy atom. The van der Waals surface area contributed by atoms with Crippen molar-refractivity contribution in [3.63, 3.8) is 0 Å². The van der Waals surface area contributed by atoms with E-state index >= 15 is 0 Å². The molecule has 0 unspecified atom stereocenters. The predicted octanol–water partition coefficient (Wildman–Crippen LogP) is 5.77. The van der Waals surface area contributed by atoms with Gasteiger partial charge in [0.15, 0.2) is 0 Å². The van der Waals surface area contributed by atoms with Crippen LogP contribution in [0.1, 0.15) is 11.1 Å². The molecule has 29 heavy (non-hydrogen) atoms. The molecule has 1 atom stereocenters. The lowest BCUT2D eigenvalue weighted by Gasteiger charge is -2.41. The van der Waals surface area contributed by atoms with E-state index in [1.54, 1.807) is 16.5 Å². The van der Waals surface area contributed by atoms with Crippen LogP contribution >= 0.6 is 30.9 Å². The van der Waals surface area contributed by atoms with Gasteiger partial charge >= 0.3 is 7.67 Å². The molecule has 156 valence electrons. The highest BCUT2D eigenvalue weighted by atomic mass is 35.5. The molecular weight excluding hydrogens is 430 g/mol. The molecule has 0 saturated heterocycles. The normalized spacial score (nSPS) is 19.1. The van der Waals surface area contributed by atoms with Crippen LogP contribution in [0, 0.1) is 6.92 Å². The maximum absolute atomic E-state index is 14.3. The summed E-state index contributed by atoms with van der Waals surface area (Å²) in [6, 6.07) is 15.4. The van der Waals surface area contributed by atoms with Gasteiger partial charge in [0.2, 0.25) is 0 Å². The van der Waals surface area contributed by atoms with Crippen LogP contribution in [0.25, 0.3) is 5.76 Å². The topological polar surface area (TPSA) is 42.0 Å². The smallest absolute Gasteiger partial charge is 0.422 e. The zero-order chi connectivity index (χ0) is 20.9. The van der Waals surface area contributed by atoms with Gasteiger partial charge in [-0.15, -0.1) is 23.2 Å². The molecule has 1 aliphatic heterocycles. The van der Waals surface area contributed by atoms with Gasteiger partial charge in [0.25, 0.3) is 0 Å². The summed E-state index contributed by atoms with van der Waals surface area (Å²) < 4.78 is 29.3. The Bertz CT molecular complexity index is 882. The third kappa shape index (κ3) is 4.92. The Kier molecular flexibility index (Phi) is 7.53. The zero-order valence-electron chi connectivity index (χ0n) is 16.6. The van der Waals surface area contributed by atoms with Gasteiger partial charge in [0.1, 0.15) is 11.5 Å². The van der Waals surface area contributed by atoms with Gasteiger partial charge in [-0.25, -0.2) is 9.24 Å². The summed E-state index contributed by atoms with van der Waals surface area (Å²) in [6.07, 6.45) is 1.94. The van der Waals surface area contributed by atoms with Crippen LogP contribution in [0.3, 0.4) is 0 Å². The molecular formula is C21H25Cl2N2O3P. The largest absolute Gasteiger partial charge is 0.497 e. The highest BCUT2D eigenvalue weighted by Crippen LogP contribution is 2.60. The van der Waals surface area contributed by atoms with E-state index in [4.69, 9.17) is 32.5 Å². The summed E-state index contributed by atoms with van der Waals surface area (Å²) in [7, 11) is -1.83. The number of halogens is 2. The second-order valence-electron chi connectivity index (χ2n) is 6.63. The van der Waals surface area contributed by atoms with Crippen molar-refractivity contribution >= 4 is 42.3 Å². The third-order valence-electron chi connectivity index (χ3n) is 4.72. The average Bonchev–Trinajstić information content (AvgIpc) is 2.74. The Morgan fingerprint density at radius 3 is 2.24 bits per heavy atom. The lowest BCUT2D eigenvalue weighted by atomic mass is 10.1. The monoisotopic (exact) mass is 454 g/mol. The molecule has 0 saturated carbocycles. The summed E-state index contributed by atoms with van der Waals surface area (Å²) >= 11 is 12.0. The van der Waals surface area contributed by atoms with Gasteiger partial charge in [0, 0.05) is 36.1 Å². The number of aryl methyl sites for hydroxylation is 1. The van der Waals surface area contributed by atoms with Crippen LogP contribution in [-0.2, 0) is 9.09 Å². The van der Waals surface area contributed by atoms with Gasteiger partial charge in [-0.1, -0.05) is 17.7 Å². The second-order valence-corrected chi connectivity index (χ2v) is 9.60. The Labute approximate surface area is 182 Å². The Hall–Kier alpha value is -1.65. The van der Waals surface area contributed by atoms with Gasteiger partial charge in [-0.2, -0.15) is 0 Å². The summed E-state index contributed by atoms with van der Waals surface area (Å²) in [6.45, 7) is 3.28. The molecule has 0 aliphatic carbocycles. The molecule has 2 aromatic carbocycles. The average molecular weight is 455 g/mol. The van der Waals surface area contributed by atoms with Gasteiger partial charge in [-0.05, 0) is 49.4 Å². The van der Waals surface area contributed by atoms with E-state index in [9.17, 15) is 4.57 Å². The molecule has 0 bridgehead atoms. The van der Waals surface area contributed by atoms with E-state index < -0.39 is 7.67 Å². The predicted molar refractivity (Wildman–Crippen MR) is 121 cm³/mol. The van der Waals surface area contributed by atoms with Gasteiger partial charge in [0.05, 0.1) is 13.7 Å². The molecule has 2 aromatic rings. The molecule has 3 rings (SSSR count). The highest BCUT2D eigenvalue weighted by Gasteiger charge is 2.43. The molecule has 0 spiro atoms. The first-order valence-electron chi connectivity index (χ1n) is 9.38. The fourth-order valence-corrected chi connectivity index (χ4v) is 6.17. The minimum absolute atomic E-state index is 0.327. The molecule has 0 aromatic heterocycles. The van der Waals surface area contributed by atoms with E-state index in [-0.39, 0.29) is 0 Å². The van der Waals surface area contributed by atoms with Crippen molar-refractivity contribution in [1.29, 1.82) is 0 Å². The van der Waals surface area contributed by atoms with Crippen LogP contribution in [0.5, 0.6) is 5.75 Å². The fourth-order valence-electron chi connectivity index (χ4n) is 3.15. The standard InChI is InChI=1S/C21H25Cl2N2O3P/c1-17-3-7-19(8-4-17)25-14-11-21(18-5-9-20(27-2)10-6-18)28-29(25,26)24(15-12-22)16-13-23/h3-11H,12-16H2,1-2H3/t29-/m0/s1. The molecule has 0 N–H and O–H groups in total. The van der Waals surface area contributed by atoms with Crippen LogP contribution in [-0.4, -0.2) is 43.2 Å². The highest BCUT2D eigenvalue weighted by molar-refractivity contribution is 7.58. The first kappa shape index (κ1) is 22.0. The maximum Gasteiger partial charge on any atom is 0.422 e. The number of ether oxygens (including phenoxy) is 1. The van der Waals surface area contributed by atoms with E-state index in [2.05, 4.69) is 0 Å². The lowest BCUT2D eigenvalue weighted by molar-refractivity contribution is 0.350. The van der Waals surface area contributed by atoms with Crippen molar-refractivity contribution in [2.24, 2.45) is 0 Å². The SMILES string of the molecule is COc1ccc(C2=CCN(c3ccc(C)cc3)[P@](=O)(N(CCCl)CCCl)O2)cc1. The first-order valence-corrected chi connectivity index (χ1v) is 12.0. The van der Waals surface area contributed by atoms with Crippen LogP contribution in [0.15, 0.2) is 54.6 Å². The van der Waals surface area contributed by atoms with E-state index in [1.807, 2.05) is 61.5 Å². The molecule has 0 radical (unpaired) electrons. The van der Waals surface area contributed by atoms with Crippen molar-refractivity contribution in [1.82, 2.24) is 4.67 Å². The number of alkyl halides is 2. The minimum atomic E-state index is -3.45. The lowest BCUT2D eigenvalue weighted by Crippen LogP contribution is -2.37. The van der Waals surface area contributed by atoms with Crippen LogP contribution < -0.4 is 9.41 Å². The van der Waals surface area contributed by atoms with Gasteiger partial charge < -0.3 is 9.26 Å². The van der Waals surface area contributed by atoms with Crippen LogP contribution in [0.2, 0.25) is 0 Å². The summed E-state index contributed by atoms with van der Waals surface area (Å²) in [5.74, 6) is 1.98. The quantitative estimate of drug-likeness (QED) is 0.374. The Balaban J connectivity index is 2.01. The van der Waals surface area contributed by atoms with E-state index in [0.717, 1.165) is 22.6 Å². The summed E-state index contributed by atoms with van der Waals surface area (Å²) in [4.78, 5) is 0. The number of rotatable bonds is 8. The summed E-state index contributed by atoms with van der Waals surface area (Å²) in [5, 5.41) is 0. The molecule has 8 heteroatoms. The van der Waals surface area contributed by atoms with Crippen LogP contribution in [0.4, 0.5) is 5.69 Å². The Morgan fingerprint density at radius 2 is 1.69 bits per heavy atom. The zero-order valence-corrected chi connectivity index (χ0v) is 19.0. The third-order valence-corrected chi connectivity index (χ3v) is 7.61. The molecule has 0 fully saturated rings. The fraction of sp³-hybridized carbons (Fsp3) is 0.333. The van der Waals surface area contributed by atoms with Crippen molar-refractivity contribution in [3.8, 4) is 5.75 Å². The maximum atomic E-state index is 14.3. The number of nitrogens with zero attached hydrogens (tertiary/aromatic N) is 2.